The number of amides is 4. The molecule has 0 radical (unpaired) electrons. The van der Waals surface area contributed by atoms with E-state index in [9.17, 15) is 19.5 Å². The first-order valence-corrected chi connectivity index (χ1v) is 9.62. The Morgan fingerprint density at radius 2 is 1.96 bits per heavy atom. The lowest BCUT2D eigenvalue weighted by molar-refractivity contribution is -0.133. The van der Waals surface area contributed by atoms with Crippen LogP contribution in [0.25, 0.3) is 0 Å². The third-order valence-electron chi connectivity index (χ3n) is 5.38. The van der Waals surface area contributed by atoms with Gasteiger partial charge in [-0.15, -0.1) is 0 Å². The molecule has 1 saturated carbocycles. The molecule has 4 amide bonds. The van der Waals surface area contributed by atoms with Gasteiger partial charge in [0.15, 0.2) is 0 Å². The second kappa shape index (κ2) is 8.18. The number of β-amino-alcohol motifs (C(OH)–C–C–N with tert-alkyl or cyclic N) is 1. The Kier molecular flexibility index (Phi) is 5.88. The van der Waals surface area contributed by atoms with Crippen molar-refractivity contribution < 1.29 is 24.2 Å². The highest BCUT2D eigenvalue weighted by atomic mass is 16.5. The zero-order valence-corrected chi connectivity index (χ0v) is 16.2. The van der Waals surface area contributed by atoms with Gasteiger partial charge >= 0.3 is 6.03 Å². The van der Waals surface area contributed by atoms with E-state index in [4.69, 9.17) is 4.74 Å². The molecule has 8 heteroatoms. The van der Waals surface area contributed by atoms with E-state index in [0.717, 1.165) is 17.7 Å². The number of hydrogen-bond acceptors (Lipinski definition) is 5. The van der Waals surface area contributed by atoms with Crippen LogP contribution in [-0.2, 0) is 9.59 Å². The first-order valence-electron chi connectivity index (χ1n) is 9.62. The molecule has 3 rings (SSSR count). The zero-order valence-electron chi connectivity index (χ0n) is 16.2. The number of hydrogen-bond donors (Lipinski definition) is 3. The highest BCUT2D eigenvalue weighted by molar-refractivity contribution is 6.07. The van der Waals surface area contributed by atoms with Gasteiger partial charge in [0.2, 0.25) is 5.91 Å². The first kappa shape index (κ1) is 20.1. The third kappa shape index (κ3) is 4.44. The number of benzene rings is 1. The summed E-state index contributed by atoms with van der Waals surface area (Å²) in [6, 6.07) is 6.27. The Labute approximate surface area is 164 Å². The predicted octanol–water partition coefficient (Wildman–Crippen LogP) is 1.89. The molecule has 0 aromatic heterocycles. The largest absolute Gasteiger partial charge is 0.491 e. The summed E-state index contributed by atoms with van der Waals surface area (Å²) in [6.45, 7) is 3.41. The number of nitrogens with one attached hydrogen (secondary N) is 2. The number of carbonyl (C=O) groups is 3. The molecular weight excluding hydrogens is 362 g/mol. The van der Waals surface area contributed by atoms with Gasteiger partial charge in [-0.3, -0.25) is 14.5 Å². The molecule has 152 valence electrons. The Balaban J connectivity index is 1.52. The summed E-state index contributed by atoms with van der Waals surface area (Å²) in [6.07, 6.45) is 2.09. The molecule has 1 saturated heterocycles. The number of anilines is 1. The average Bonchev–Trinajstić information content (AvgIpc) is 2.87. The normalized spacial score (nSPS) is 25.5. The maximum atomic E-state index is 12.8. The van der Waals surface area contributed by atoms with Crippen LogP contribution < -0.4 is 15.4 Å². The summed E-state index contributed by atoms with van der Waals surface area (Å²) in [4.78, 5) is 37.2. The van der Waals surface area contributed by atoms with Crippen LogP contribution in [-0.4, -0.2) is 52.6 Å². The Bertz CT molecular complexity index is 741. The summed E-state index contributed by atoms with van der Waals surface area (Å²) in [7, 11) is 0. The van der Waals surface area contributed by atoms with E-state index in [1.54, 1.807) is 24.3 Å². The van der Waals surface area contributed by atoms with E-state index >= 15 is 0 Å². The van der Waals surface area contributed by atoms with Crippen LogP contribution in [0.2, 0.25) is 0 Å². The lowest BCUT2D eigenvalue weighted by Crippen LogP contribution is -2.49. The van der Waals surface area contributed by atoms with Gasteiger partial charge in [-0.25, -0.2) is 4.79 Å². The minimum Gasteiger partial charge on any atom is -0.491 e. The molecule has 1 aliphatic heterocycles. The summed E-state index contributed by atoms with van der Waals surface area (Å²) in [5, 5.41) is 15.7. The fourth-order valence-electron chi connectivity index (χ4n) is 3.73. The molecule has 3 N–H and O–H groups in total. The van der Waals surface area contributed by atoms with E-state index in [1.165, 1.54) is 6.92 Å². The van der Waals surface area contributed by atoms with Gasteiger partial charge in [0, 0.05) is 12.6 Å². The standard InChI is InChI=1S/C20H27N3O5/c1-13-7-9-20(10-8-13)18(26)23(19(27)22-20)11-16(25)12-28-17-5-3-15(4-6-17)21-14(2)24/h3-6,13,16,25H,7-12H2,1-2H3,(H,21,24)(H,22,27)/t13?,16-,20?/m0/s1. The molecule has 1 aromatic rings. The molecule has 2 aliphatic rings. The molecule has 8 nitrogen and oxygen atoms in total. The van der Waals surface area contributed by atoms with Crippen LogP contribution in [0.3, 0.4) is 0 Å². The van der Waals surface area contributed by atoms with Crippen molar-refractivity contribution in [3.8, 4) is 5.75 Å². The van der Waals surface area contributed by atoms with Gasteiger partial charge in [-0.1, -0.05) is 6.92 Å². The second-order valence-electron chi connectivity index (χ2n) is 7.78. The van der Waals surface area contributed by atoms with Crippen molar-refractivity contribution in [2.75, 3.05) is 18.5 Å². The molecule has 0 unspecified atom stereocenters. The summed E-state index contributed by atoms with van der Waals surface area (Å²) < 4.78 is 5.53. The Morgan fingerprint density at radius 3 is 2.57 bits per heavy atom. The molecule has 1 heterocycles. The number of aliphatic hydroxyl groups excluding tert-OH is 1. The average molecular weight is 389 g/mol. The number of nitrogens with zero attached hydrogens (tertiary/aromatic N) is 1. The first-order chi connectivity index (χ1) is 13.3. The van der Waals surface area contributed by atoms with Crippen molar-refractivity contribution in [2.24, 2.45) is 5.92 Å². The summed E-state index contributed by atoms with van der Waals surface area (Å²) in [5.74, 6) is 0.662. The van der Waals surface area contributed by atoms with Gasteiger partial charge in [-0.05, 0) is 55.9 Å². The SMILES string of the molecule is CC(=O)Nc1ccc(OC[C@@H](O)CN2C(=O)NC3(CCC(C)CC3)C2=O)cc1. The van der Waals surface area contributed by atoms with Gasteiger partial charge in [-0.2, -0.15) is 0 Å². The minimum atomic E-state index is -0.998. The minimum absolute atomic E-state index is 0.0550. The van der Waals surface area contributed by atoms with Gasteiger partial charge in [0.1, 0.15) is 24.0 Å². The van der Waals surface area contributed by atoms with Crippen LogP contribution in [0.5, 0.6) is 5.75 Å². The van der Waals surface area contributed by atoms with Gasteiger partial charge in [0.25, 0.3) is 5.91 Å². The second-order valence-corrected chi connectivity index (χ2v) is 7.78. The molecule has 1 spiro atoms. The summed E-state index contributed by atoms with van der Waals surface area (Å²) >= 11 is 0. The van der Waals surface area contributed by atoms with E-state index in [0.29, 0.717) is 30.2 Å². The molecule has 0 bridgehead atoms. The third-order valence-corrected chi connectivity index (χ3v) is 5.38. The quantitative estimate of drug-likeness (QED) is 0.644. The molecule has 2 fully saturated rings. The number of urea groups is 1. The topological polar surface area (TPSA) is 108 Å². The molecular formula is C20H27N3O5. The van der Waals surface area contributed by atoms with E-state index < -0.39 is 17.7 Å². The van der Waals surface area contributed by atoms with Crippen LogP contribution in [0, 0.1) is 5.92 Å². The van der Waals surface area contributed by atoms with Crippen molar-refractivity contribution in [1.82, 2.24) is 10.2 Å². The lowest BCUT2D eigenvalue weighted by atomic mass is 9.77. The monoisotopic (exact) mass is 389 g/mol. The lowest BCUT2D eigenvalue weighted by Gasteiger charge is -2.33. The molecule has 1 atom stereocenters. The van der Waals surface area contributed by atoms with E-state index in [-0.39, 0.29) is 25.0 Å². The number of ether oxygens (including phenoxy) is 1. The van der Waals surface area contributed by atoms with Crippen molar-refractivity contribution in [3.63, 3.8) is 0 Å². The maximum Gasteiger partial charge on any atom is 0.325 e. The smallest absolute Gasteiger partial charge is 0.325 e. The van der Waals surface area contributed by atoms with Crippen LogP contribution in [0.15, 0.2) is 24.3 Å². The summed E-state index contributed by atoms with van der Waals surface area (Å²) in [5.41, 5.74) is -0.157. The van der Waals surface area contributed by atoms with Crippen molar-refractivity contribution in [3.05, 3.63) is 24.3 Å². The van der Waals surface area contributed by atoms with Gasteiger partial charge < -0.3 is 20.5 Å². The number of rotatable bonds is 6. The van der Waals surface area contributed by atoms with Gasteiger partial charge in [0.05, 0.1) is 6.54 Å². The van der Waals surface area contributed by atoms with E-state index in [1.807, 2.05) is 0 Å². The number of aliphatic hydroxyl groups is 1. The Morgan fingerprint density at radius 1 is 1.32 bits per heavy atom. The number of carbonyl (C=O) groups excluding carboxylic acids is 3. The fourth-order valence-corrected chi connectivity index (χ4v) is 3.73. The van der Waals surface area contributed by atoms with Crippen molar-refractivity contribution >= 4 is 23.5 Å². The van der Waals surface area contributed by atoms with Crippen molar-refractivity contribution in [1.29, 1.82) is 0 Å². The van der Waals surface area contributed by atoms with Crippen LogP contribution in [0.1, 0.15) is 39.5 Å². The Hall–Kier alpha value is -2.61. The fraction of sp³-hybridized carbons (Fsp3) is 0.550. The predicted molar refractivity (Wildman–Crippen MR) is 103 cm³/mol. The molecule has 28 heavy (non-hydrogen) atoms. The number of imide groups is 1. The molecule has 1 aliphatic carbocycles. The molecule has 1 aromatic carbocycles. The highest BCUT2D eigenvalue weighted by Gasteiger charge is 2.52. The maximum absolute atomic E-state index is 12.8. The highest BCUT2D eigenvalue weighted by Crippen LogP contribution is 2.36. The van der Waals surface area contributed by atoms with Crippen LogP contribution >= 0.6 is 0 Å². The zero-order chi connectivity index (χ0) is 20.3. The van der Waals surface area contributed by atoms with Crippen LogP contribution in [0.4, 0.5) is 10.5 Å². The van der Waals surface area contributed by atoms with Crippen molar-refractivity contribution in [2.45, 2.75) is 51.2 Å². The van der Waals surface area contributed by atoms with E-state index in [2.05, 4.69) is 17.6 Å².